The molecule has 2 rings (SSSR count). The van der Waals surface area contributed by atoms with E-state index in [1.165, 1.54) is 0 Å². The van der Waals surface area contributed by atoms with Gasteiger partial charge in [0, 0.05) is 38.9 Å². The molecule has 0 atom stereocenters. The zero-order valence-electron chi connectivity index (χ0n) is 13.1. The van der Waals surface area contributed by atoms with Gasteiger partial charge in [-0.2, -0.15) is 4.98 Å². The first-order valence-electron chi connectivity index (χ1n) is 7.21. The van der Waals surface area contributed by atoms with E-state index in [-0.39, 0.29) is 5.91 Å². The lowest BCUT2D eigenvalue weighted by Gasteiger charge is -2.12. The molecule has 0 saturated heterocycles. The zero-order valence-corrected chi connectivity index (χ0v) is 13.1. The van der Waals surface area contributed by atoms with E-state index < -0.39 is 0 Å². The molecule has 2 N–H and O–H groups in total. The van der Waals surface area contributed by atoms with Gasteiger partial charge in [0.05, 0.1) is 0 Å². The third-order valence-electron chi connectivity index (χ3n) is 3.08. The van der Waals surface area contributed by atoms with Crippen LogP contribution in [0.3, 0.4) is 0 Å². The minimum Gasteiger partial charge on any atom is -0.363 e. The molecular weight excluding hydrogens is 278 g/mol. The quantitative estimate of drug-likeness (QED) is 0.852. The molecule has 22 heavy (non-hydrogen) atoms. The van der Waals surface area contributed by atoms with Crippen LogP contribution in [-0.4, -0.2) is 36.5 Å². The highest BCUT2D eigenvalue weighted by Crippen LogP contribution is 2.11. The lowest BCUT2D eigenvalue weighted by Crippen LogP contribution is -2.22. The second-order valence-electron chi connectivity index (χ2n) is 5.05. The van der Waals surface area contributed by atoms with Crippen molar-refractivity contribution in [3.8, 4) is 0 Å². The van der Waals surface area contributed by atoms with E-state index in [0.717, 1.165) is 11.4 Å². The Hall–Kier alpha value is -2.63. The largest absolute Gasteiger partial charge is 0.363 e. The summed E-state index contributed by atoms with van der Waals surface area (Å²) in [6, 6.07) is 9.36. The Balaban J connectivity index is 2.04. The third-order valence-corrected chi connectivity index (χ3v) is 3.08. The van der Waals surface area contributed by atoms with Gasteiger partial charge in [0.25, 0.3) is 5.91 Å². The average Bonchev–Trinajstić information content (AvgIpc) is 2.54. The van der Waals surface area contributed by atoms with Gasteiger partial charge in [-0.05, 0) is 30.7 Å². The monoisotopic (exact) mass is 299 g/mol. The van der Waals surface area contributed by atoms with Crippen LogP contribution in [0.2, 0.25) is 0 Å². The molecule has 2 aromatic rings. The topological polar surface area (TPSA) is 70.2 Å². The fourth-order valence-electron chi connectivity index (χ4n) is 1.95. The Morgan fingerprint density at radius 2 is 2.09 bits per heavy atom. The maximum absolute atomic E-state index is 11.8. The molecule has 0 aliphatic heterocycles. The van der Waals surface area contributed by atoms with Gasteiger partial charge in [-0.3, -0.25) is 4.79 Å². The van der Waals surface area contributed by atoms with Crippen molar-refractivity contribution in [1.29, 1.82) is 0 Å². The molecule has 1 heterocycles. The maximum Gasteiger partial charge on any atom is 0.251 e. The standard InChI is InChI=1S/C16H21N5O/c1-4-17-15(22)13-7-5-6-12(10-13)11-19-16-18-9-8-14(20-16)21(2)3/h5-10H,4,11H2,1-3H3,(H,17,22)(H,18,19,20). The number of benzene rings is 1. The van der Waals surface area contributed by atoms with E-state index in [9.17, 15) is 4.79 Å². The Labute approximate surface area is 130 Å². The van der Waals surface area contributed by atoms with Gasteiger partial charge >= 0.3 is 0 Å². The molecule has 0 aliphatic carbocycles. The summed E-state index contributed by atoms with van der Waals surface area (Å²) in [6.45, 7) is 3.08. The summed E-state index contributed by atoms with van der Waals surface area (Å²) in [4.78, 5) is 22.3. The number of carbonyl (C=O) groups is 1. The van der Waals surface area contributed by atoms with Gasteiger partial charge in [-0.25, -0.2) is 4.98 Å². The molecule has 1 amide bonds. The molecule has 0 fully saturated rings. The Morgan fingerprint density at radius 3 is 2.82 bits per heavy atom. The van der Waals surface area contributed by atoms with E-state index in [1.54, 1.807) is 12.3 Å². The number of aromatic nitrogens is 2. The highest BCUT2D eigenvalue weighted by atomic mass is 16.1. The molecule has 0 bridgehead atoms. The molecule has 0 aliphatic rings. The fourth-order valence-corrected chi connectivity index (χ4v) is 1.95. The summed E-state index contributed by atoms with van der Waals surface area (Å²) in [5, 5.41) is 5.97. The summed E-state index contributed by atoms with van der Waals surface area (Å²) in [6.07, 6.45) is 1.72. The van der Waals surface area contributed by atoms with Crippen molar-refractivity contribution >= 4 is 17.7 Å². The number of hydrogen-bond donors (Lipinski definition) is 2. The van der Waals surface area contributed by atoms with Gasteiger partial charge in [0.15, 0.2) is 0 Å². The predicted octanol–water partition coefficient (Wildman–Crippen LogP) is 1.90. The first-order valence-corrected chi connectivity index (χ1v) is 7.21. The minimum absolute atomic E-state index is 0.0600. The van der Waals surface area contributed by atoms with E-state index >= 15 is 0 Å². The molecule has 0 saturated carbocycles. The molecule has 1 aromatic heterocycles. The molecule has 116 valence electrons. The van der Waals surface area contributed by atoms with Gasteiger partial charge in [-0.1, -0.05) is 12.1 Å². The van der Waals surface area contributed by atoms with E-state index in [4.69, 9.17) is 0 Å². The first-order chi connectivity index (χ1) is 10.6. The summed E-state index contributed by atoms with van der Waals surface area (Å²) >= 11 is 0. The van der Waals surface area contributed by atoms with Crippen molar-refractivity contribution in [2.75, 3.05) is 30.9 Å². The SMILES string of the molecule is CCNC(=O)c1cccc(CNc2nccc(N(C)C)n2)c1. The van der Waals surface area contributed by atoms with Gasteiger partial charge in [-0.15, -0.1) is 0 Å². The lowest BCUT2D eigenvalue weighted by molar-refractivity contribution is 0.0955. The number of rotatable bonds is 6. The summed E-state index contributed by atoms with van der Waals surface area (Å²) in [7, 11) is 3.86. The van der Waals surface area contributed by atoms with Crippen LogP contribution in [0.4, 0.5) is 11.8 Å². The summed E-state index contributed by atoms with van der Waals surface area (Å²) in [5.41, 5.74) is 1.66. The summed E-state index contributed by atoms with van der Waals surface area (Å²) < 4.78 is 0. The number of nitrogens with zero attached hydrogens (tertiary/aromatic N) is 3. The highest BCUT2D eigenvalue weighted by Gasteiger charge is 2.05. The van der Waals surface area contributed by atoms with Crippen molar-refractivity contribution in [2.45, 2.75) is 13.5 Å². The minimum atomic E-state index is -0.0600. The molecule has 0 radical (unpaired) electrons. The Morgan fingerprint density at radius 1 is 1.27 bits per heavy atom. The molecule has 0 spiro atoms. The van der Waals surface area contributed by atoms with Crippen molar-refractivity contribution in [3.05, 3.63) is 47.7 Å². The van der Waals surface area contributed by atoms with Crippen LogP contribution in [0.25, 0.3) is 0 Å². The van der Waals surface area contributed by atoms with Crippen LogP contribution in [0.15, 0.2) is 36.5 Å². The number of anilines is 2. The number of carbonyl (C=O) groups excluding carboxylic acids is 1. The van der Waals surface area contributed by atoms with Crippen LogP contribution in [-0.2, 0) is 6.54 Å². The molecular formula is C16H21N5O. The normalized spacial score (nSPS) is 10.1. The molecule has 6 nitrogen and oxygen atoms in total. The van der Waals surface area contributed by atoms with Gasteiger partial charge < -0.3 is 15.5 Å². The Kier molecular flexibility index (Phi) is 5.30. The first kappa shape index (κ1) is 15.8. The van der Waals surface area contributed by atoms with Gasteiger partial charge in [0.2, 0.25) is 5.95 Å². The molecule has 0 unspecified atom stereocenters. The zero-order chi connectivity index (χ0) is 15.9. The second-order valence-corrected chi connectivity index (χ2v) is 5.05. The van der Waals surface area contributed by atoms with Crippen LogP contribution >= 0.6 is 0 Å². The highest BCUT2D eigenvalue weighted by molar-refractivity contribution is 5.94. The van der Waals surface area contributed by atoms with Crippen molar-refractivity contribution in [3.63, 3.8) is 0 Å². The fraction of sp³-hybridized carbons (Fsp3) is 0.312. The smallest absolute Gasteiger partial charge is 0.251 e. The van der Waals surface area contributed by atoms with Crippen LogP contribution < -0.4 is 15.5 Å². The van der Waals surface area contributed by atoms with E-state index in [2.05, 4.69) is 20.6 Å². The number of hydrogen-bond acceptors (Lipinski definition) is 5. The summed E-state index contributed by atoms with van der Waals surface area (Å²) in [5.74, 6) is 1.35. The number of amides is 1. The third kappa shape index (κ3) is 4.18. The second kappa shape index (κ2) is 7.40. The van der Waals surface area contributed by atoms with E-state index in [1.807, 2.05) is 50.2 Å². The van der Waals surface area contributed by atoms with E-state index in [0.29, 0.717) is 24.6 Å². The molecule has 1 aromatic carbocycles. The van der Waals surface area contributed by atoms with Crippen molar-refractivity contribution < 1.29 is 4.79 Å². The van der Waals surface area contributed by atoms with Crippen LogP contribution in [0, 0.1) is 0 Å². The van der Waals surface area contributed by atoms with Crippen molar-refractivity contribution in [2.24, 2.45) is 0 Å². The van der Waals surface area contributed by atoms with Crippen LogP contribution in [0.5, 0.6) is 0 Å². The Bertz CT molecular complexity index is 642. The maximum atomic E-state index is 11.8. The van der Waals surface area contributed by atoms with Crippen molar-refractivity contribution in [1.82, 2.24) is 15.3 Å². The van der Waals surface area contributed by atoms with Crippen LogP contribution in [0.1, 0.15) is 22.8 Å². The average molecular weight is 299 g/mol. The lowest BCUT2D eigenvalue weighted by atomic mass is 10.1. The number of nitrogens with one attached hydrogen (secondary N) is 2. The van der Waals surface area contributed by atoms with Gasteiger partial charge in [0.1, 0.15) is 5.82 Å². The molecule has 6 heteroatoms. The predicted molar refractivity (Wildman–Crippen MR) is 88.1 cm³/mol.